The van der Waals surface area contributed by atoms with E-state index in [0.29, 0.717) is 16.9 Å². The zero-order chi connectivity index (χ0) is 11.3. The van der Waals surface area contributed by atoms with E-state index in [1.54, 1.807) is 0 Å². The Kier molecular flexibility index (Phi) is 2.59. The van der Waals surface area contributed by atoms with Crippen LogP contribution >= 0.6 is 46.4 Å². The van der Waals surface area contributed by atoms with Gasteiger partial charge in [-0.15, -0.1) is 0 Å². The van der Waals surface area contributed by atoms with Gasteiger partial charge in [0.25, 0.3) is 5.69 Å². The molecular weight excluding hydrogens is 280 g/mol. The van der Waals surface area contributed by atoms with Crippen LogP contribution in [0.4, 0.5) is 5.69 Å². The zero-order valence-electron chi connectivity index (χ0n) is 7.11. The molecule has 0 amide bonds. The molecule has 0 aromatic heterocycles. The molecule has 0 spiro atoms. The SMILES string of the molecule is N=[N+]1C=C(N)c2c(Cl)c(Cl)c(Cl)c(Cl)c21. The van der Waals surface area contributed by atoms with Gasteiger partial charge in [-0.2, -0.15) is 0 Å². The molecule has 78 valence electrons. The number of nitrogens with two attached hydrogens (primary N) is 1. The molecule has 0 aliphatic carbocycles. The summed E-state index contributed by atoms with van der Waals surface area (Å²) in [6.45, 7) is 0. The van der Waals surface area contributed by atoms with Crippen LogP contribution in [0.15, 0.2) is 6.20 Å². The van der Waals surface area contributed by atoms with E-state index in [1.165, 1.54) is 6.20 Å². The zero-order valence-corrected chi connectivity index (χ0v) is 10.1. The predicted molar refractivity (Wildman–Crippen MR) is 61.3 cm³/mol. The molecular formula is C8H4Cl4N3+. The summed E-state index contributed by atoms with van der Waals surface area (Å²) in [6, 6.07) is 0. The third kappa shape index (κ3) is 1.42. The van der Waals surface area contributed by atoms with E-state index in [0.717, 1.165) is 4.70 Å². The van der Waals surface area contributed by atoms with Crippen LogP contribution in [-0.2, 0) is 0 Å². The van der Waals surface area contributed by atoms with Crippen LogP contribution in [0.1, 0.15) is 5.56 Å². The Balaban J connectivity index is 2.92. The van der Waals surface area contributed by atoms with Gasteiger partial charge in [0, 0.05) is 0 Å². The van der Waals surface area contributed by atoms with Crippen LogP contribution in [0.3, 0.4) is 0 Å². The highest BCUT2D eigenvalue weighted by Crippen LogP contribution is 2.49. The van der Waals surface area contributed by atoms with E-state index in [9.17, 15) is 0 Å². The summed E-state index contributed by atoms with van der Waals surface area (Å²) in [6.07, 6.45) is 1.38. The van der Waals surface area contributed by atoms with E-state index in [1.807, 2.05) is 0 Å². The maximum atomic E-state index is 7.58. The molecule has 3 nitrogen and oxygen atoms in total. The topological polar surface area (TPSA) is 52.9 Å². The second-order valence-corrected chi connectivity index (χ2v) is 4.45. The number of benzene rings is 1. The van der Waals surface area contributed by atoms with E-state index in [-0.39, 0.29) is 20.1 Å². The van der Waals surface area contributed by atoms with Gasteiger partial charge in [0.2, 0.25) is 6.20 Å². The second kappa shape index (κ2) is 3.52. The summed E-state index contributed by atoms with van der Waals surface area (Å²) < 4.78 is 1.01. The molecule has 1 aliphatic rings. The Morgan fingerprint density at radius 2 is 1.53 bits per heavy atom. The number of fused-ring (bicyclic) bond motifs is 1. The van der Waals surface area contributed by atoms with E-state index in [4.69, 9.17) is 57.7 Å². The lowest BCUT2D eigenvalue weighted by molar-refractivity contribution is -0.460. The molecule has 7 heteroatoms. The van der Waals surface area contributed by atoms with Crippen molar-refractivity contribution < 1.29 is 4.70 Å². The summed E-state index contributed by atoms with van der Waals surface area (Å²) in [4.78, 5) is 0. The van der Waals surface area contributed by atoms with Crippen LogP contribution < -0.4 is 5.73 Å². The fraction of sp³-hybridized carbons (Fsp3) is 0. The fourth-order valence-corrected chi connectivity index (χ4v) is 2.42. The lowest BCUT2D eigenvalue weighted by atomic mass is 10.1. The van der Waals surface area contributed by atoms with Gasteiger partial charge in [-0.1, -0.05) is 51.1 Å². The number of rotatable bonds is 0. The molecule has 2 rings (SSSR count). The van der Waals surface area contributed by atoms with Gasteiger partial charge >= 0.3 is 0 Å². The first kappa shape index (κ1) is 11.0. The van der Waals surface area contributed by atoms with Crippen molar-refractivity contribution in [1.29, 1.82) is 5.53 Å². The molecule has 0 unspecified atom stereocenters. The molecule has 0 radical (unpaired) electrons. The minimum Gasteiger partial charge on any atom is -0.393 e. The van der Waals surface area contributed by atoms with Crippen molar-refractivity contribution in [3.8, 4) is 0 Å². The van der Waals surface area contributed by atoms with Crippen molar-refractivity contribution in [2.24, 2.45) is 5.73 Å². The average Bonchev–Trinajstić information content (AvgIpc) is 2.47. The quantitative estimate of drug-likeness (QED) is 0.417. The maximum Gasteiger partial charge on any atom is 0.268 e. The predicted octanol–water partition coefficient (Wildman–Crippen LogP) is 4.25. The van der Waals surface area contributed by atoms with Gasteiger partial charge in [0.1, 0.15) is 16.3 Å². The summed E-state index contributed by atoms with van der Waals surface area (Å²) >= 11 is 23.6. The second-order valence-electron chi connectivity index (χ2n) is 2.93. The van der Waals surface area contributed by atoms with E-state index < -0.39 is 0 Å². The Morgan fingerprint density at radius 3 is 2.13 bits per heavy atom. The van der Waals surface area contributed by atoms with Crippen LogP contribution in [0.5, 0.6) is 0 Å². The molecule has 1 aromatic rings. The third-order valence-corrected chi connectivity index (χ3v) is 3.83. The molecule has 0 saturated heterocycles. The minimum absolute atomic E-state index is 0.127. The van der Waals surface area contributed by atoms with Crippen LogP contribution in [0.2, 0.25) is 20.1 Å². The number of hydrogen-bond acceptors (Lipinski definition) is 2. The molecule has 1 aliphatic heterocycles. The highest BCUT2D eigenvalue weighted by Gasteiger charge is 2.34. The molecule has 0 bridgehead atoms. The Hall–Kier alpha value is -0.480. The monoisotopic (exact) mass is 282 g/mol. The highest BCUT2D eigenvalue weighted by atomic mass is 35.5. The normalized spacial score (nSPS) is 14.1. The van der Waals surface area contributed by atoms with Gasteiger partial charge in [-0.3, -0.25) is 0 Å². The van der Waals surface area contributed by atoms with Gasteiger partial charge in [-0.05, 0) is 5.53 Å². The fourth-order valence-electron chi connectivity index (χ4n) is 1.38. The number of halogens is 4. The van der Waals surface area contributed by atoms with E-state index >= 15 is 0 Å². The van der Waals surface area contributed by atoms with Crippen molar-refractivity contribution in [3.63, 3.8) is 0 Å². The molecule has 1 aromatic carbocycles. The largest absolute Gasteiger partial charge is 0.393 e. The van der Waals surface area contributed by atoms with Crippen molar-refractivity contribution in [1.82, 2.24) is 0 Å². The summed E-state index contributed by atoms with van der Waals surface area (Å²) in [5.74, 6) is 0. The molecule has 1 heterocycles. The first-order chi connectivity index (χ1) is 6.95. The van der Waals surface area contributed by atoms with Gasteiger partial charge in [0.15, 0.2) is 0 Å². The summed E-state index contributed by atoms with van der Waals surface area (Å²) in [5, 5.41) is 0.661. The third-order valence-electron chi connectivity index (χ3n) is 2.04. The average molecular weight is 284 g/mol. The lowest BCUT2D eigenvalue weighted by Crippen LogP contribution is -1.95. The van der Waals surface area contributed by atoms with Crippen molar-refractivity contribution in [2.75, 3.05) is 0 Å². The van der Waals surface area contributed by atoms with Crippen molar-refractivity contribution >= 4 is 57.8 Å². The summed E-state index contributed by atoms with van der Waals surface area (Å²) in [5.41, 5.74) is 14.4. The number of nitrogens with zero attached hydrogens (tertiary/aromatic N) is 1. The molecule has 15 heavy (non-hydrogen) atoms. The first-order valence-electron chi connectivity index (χ1n) is 3.79. The van der Waals surface area contributed by atoms with E-state index in [2.05, 4.69) is 0 Å². The highest BCUT2D eigenvalue weighted by molar-refractivity contribution is 6.53. The van der Waals surface area contributed by atoms with Crippen LogP contribution in [0.25, 0.3) is 5.70 Å². The van der Waals surface area contributed by atoms with Crippen LogP contribution in [-0.4, -0.2) is 4.70 Å². The van der Waals surface area contributed by atoms with Gasteiger partial charge in [-0.25, -0.2) is 0 Å². The Bertz CT molecular complexity index is 521. The molecule has 0 fully saturated rings. The Morgan fingerprint density at radius 1 is 1.00 bits per heavy atom. The maximum absolute atomic E-state index is 7.58. The summed E-state index contributed by atoms with van der Waals surface area (Å²) in [7, 11) is 0. The van der Waals surface area contributed by atoms with Gasteiger partial charge in [0.05, 0.1) is 15.1 Å². The van der Waals surface area contributed by atoms with Crippen molar-refractivity contribution in [3.05, 3.63) is 31.9 Å². The standard InChI is InChI=1S/C8H4Cl4N3/c9-4-3-2(13)1-15(14)8(3)7(12)6(11)5(4)10/h1,14H,13H2/q+1. The molecule has 0 atom stereocenters. The molecule has 3 N–H and O–H groups in total. The Labute approximate surface area is 105 Å². The number of nitrogens with one attached hydrogen (secondary N) is 1. The minimum atomic E-state index is 0.127. The van der Waals surface area contributed by atoms with Crippen molar-refractivity contribution in [2.45, 2.75) is 0 Å². The number of hydrogen-bond donors (Lipinski definition) is 2. The smallest absolute Gasteiger partial charge is 0.268 e. The van der Waals surface area contributed by atoms with Gasteiger partial charge < -0.3 is 5.73 Å². The first-order valence-corrected chi connectivity index (χ1v) is 5.30. The van der Waals surface area contributed by atoms with Crippen LogP contribution in [0, 0.1) is 5.53 Å². The lowest BCUT2D eigenvalue weighted by Gasteiger charge is -2.05. The molecule has 0 saturated carbocycles.